The van der Waals surface area contributed by atoms with Crippen LogP contribution in [0.25, 0.3) is 0 Å². The lowest BCUT2D eigenvalue weighted by molar-refractivity contribution is -0.385. The fourth-order valence-corrected chi connectivity index (χ4v) is 1.47. The highest BCUT2D eigenvalue weighted by Crippen LogP contribution is 2.17. The van der Waals surface area contributed by atoms with Gasteiger partial charge in [-0.1, -0.05) is 13.8 Å². The number of carboxylic acids is 1. The molecule has 0 spiro atoms. The molecule has 0 amide bonds. The minimum atomic E-state index is -1.38. The van der Waals surface area contributed by atoms with Gasteiger partial charge in [0.15, 0.2) is 0 Å². The van der Waals surface area contributed by atoms with Crippen LogP contribution in [0.15, 0.2) is 6.20 Å². The molecule has 7 heteroatoms. The van der Waals surface area contributed by atoms with Crippen molar-refractivity contribution in [3.63, 3.8) is 0 Å². The number of carboxylic acid groups (broad SMARTS) is 1. The van der Waals surface area contributed by atoms with Gasteiger partial charge in [0.1, 0.15) is 6.20 Å². The third-order valence-corrected chi connectivity index (χ3v) is 2.31. The number of nitrogens with zero attached hydrogens (tertiary/aromatic N) is 3. The number of nitro groups is 1. The molecule has 17 heavy (non-hydrogen) atoms. The number of hydrogen-bond donors (Lipinski definition) is 1. The smallest absolute Gasteiger partial charge is 0.363 e. The second-order valence-corrected chi connectivity index (χ2v) is 4.22. The summed E-state index contributed by atoms with van der Waals surface area (Å²) in [5.74, 6) is -0.834. The fraction of sp³-hybridized carbons (Fsp3) is 0.600. The third kappa shape index (κ3) is 3.54. The summed E-state index contributed by atoms with van der Waals surface area (Å²) in [6.45, 7) is 4.65. The van der Waals surface area contributed by atoms with Crippen molar-refractivity contribution in [1.29, 1.82) is 0 Å². The van der Waals surface area contributed by atoms with Gasteiger partial charge >= 0.3 is 11.7 Å². The van der Waals surface area contributed by atoms with Gasteiger partial charge in [-0.15, -0.1) is 0 Å². The lowest BCUT2D eigenvalue weighted by Crippen LogP contribution is -2.04. The molecule has 1 heterocycles. The summed E-state index contributed by atoms with van der Waals surface area (Å²) in [4.78, 5) is 20.6. The Morgan fingerprint density at radius 3 is 2.71 bits per heavy atom. The van der Waals surface area contributed by atoms with Crippen molar-refractivity contribution in [3.05, 3.63) is 22.0 Å². The Morgan fingerprint density at radius 2 is 2.29 bits per heavy atom. The molecule has 0 saturated carbocycles. The van der Waals surface area contributed by atoms with E-state index in [2.05, 4.69) is 18.9 Å². The topological polar surface area (TPSA) is 98.3 Å². The van der Waals surface area contributed by atoms with E-state index in [-0.39, 0.29) is 0 Å². The van der Waals surface area contributed by atoms with Crippen LogP contribution in [0.4, 0.5) is 5.69 Å². The lowest BCUT2D eigenvalue weighted by Gasteiger charge is -2.03. The molecule has 0 atom stereocenters. The Hall–Kier alpha value is -1.92. The van der Waals surface area contributed by atoms with Gasteiger partial charge in [-0.2, -0.15) is 5.10 Å². The SMILES string of the molecule is CC(C)CCCn1cc([N+](=O)[O-])c(C(=O)O)n1. The van der Waals surface area contributed by atoms with E-state index in [1.165, 1.54) is 10.9 Å². The zero-order valence-corrected chi connectivity index (χ0v) is 9.79. The highest BCUT2D eigenvalue weighted by atomic mass is 16.6. The average Bonchev–Trinajstić information content (AvgIpc) is 2.61. The van der Waals surface area contributed by atoms with E-state index in [1.807, 2.05) is 0 Å². The number of rotatable bonds is 6. The Morgan fingerprint density at radius 1 is 1.65 bits per heavy atom. The van der Waals surface area contributed by atoms with Crippen molar-refractivity contribution in [2.75, 3.05) is 0 Å². The first kappa shape index (κ1) is 13.1. The van der Waals surface area contributed by atoms with Gasteiger partial charge in [0, 0.05) is 6.54 Å². The molecule has 1 rings (SSSR count). The average molecular weight is 241 g/mol. The first-order valence-electron chi connectivity index (χ1n) is 5.37. The monoisotopic (exact) mass is 241 g/mol. The summed E-state index contributed by atoms with van der Waals surface area (Å²) in [6, 6.07) is 0. The van der Waals surface area contributed by atoms with Crippen molar-refractivity contribution in [2.45, 2.75) is 33.2 Å². The molecular weight excluding hydrogens is 226 g/mol. The molecular formula is C10H15N3O4. The minimum Gasteiger partial charge on any atom is -0.476 e. The maximum Gasteiger partial charge on any atom is 0.363 e. The summed E-state index contributed by atoms with van der Waals surface area (Å²) in [7, 11) is 0. The second kappa shape index (κ2) is 5.42. The van der Waals surface area contributed by atoms with Gasteiger partial charge in [-0.05, 0) is 18.8 Å². The molecule has 0 aliphatic heterocycles. The number of aromatic nitrogens is 2. The van der Waals surface area contributed by atoms with Crippen LogP contribution in [0, 0.1) is 16.0 Å². The van der Waals surface area contributed by atoms with Gasteiger partial charge in [-0.3, -0.25) is 14.8 Å². The van der Waals surface area contributed by atoms with Crippen LogP contribution < -0.4 is 0 Å². The molecule has 0 radical (unpaired) electrons. The minimum absolute atomic E-state index is 0.456. The predicted octanol–water partition coefficient (Wildman–Crippen LogP) is 1.93. The Kier molecular flexibility index (Phi) is 4.19. The number of hydrogen-bond acceptors (Lipinski definition) is 4. The molecule has 1 N–H and O–H groups in total. The van der Waals surface area contributed by atoms with Crippen LogP contribution in [0.1, 0.15) is 37.2 Å². The standard InChI is InChI=1S/C10H15N3O4/c1-7(2)4-3-5-12-6-8(13(16)17)9(11-12)10(14)15/h6-7H,3-5H2,1-2H3,(H,14,15). The zero-order valence-electron chi connectivity index (χ0n) is 9.79. The Balaban J connectivity index is 2.78. The van der Waals surface area contributed by atoms with Crippen LogP contribution in [0.5, 0.6) is 0 Å². The van der Waals surface area contributed by atoms with Crippen molar-refractivity contribution in [2.24, 2.45) is 5.92 Å². The van der Waals surface area contributed by atoms with E-state index in [1.54, 1.807) is 0 Å². The van der Waals surface area contributed by atoms with Crippen LogP contribution in [0.3, 0.4) is 0 Å². The number of carbonyl (C=O) groups is 1. The summed E-state index contributed by atoms with van der Waals surface area (Å²) >= 11 is 0. The van der Waals surface area contributed by atoms with Gasteiger partial charge < -0.3 is 5.11 Å². The summed E-state index contributed by atoms with van der Waals surface area (Å²) in [5, 5.41) is 23.1. The molecule has 0 saturated heterocycles. The van der Waals surface area contributed by atoms with E-state index in [0.717, 1.165) is 12.8 Å². The fourth-order valence-electron chi connectivity index (χ4n) is 1.47. The molecule has 94 valence electrons. The van der Waals surface area contributed by atoms with Gasteiger partial charge in [-0.25, -0.2) is 4.79 Å². The predicted molar refractivity (Wildman–Crippen MR) is 59.9 cm³/mol. The highest BCUT2D eigenvalue weighted by Gasteiger charge is 2.24. The maximum atomic E-state index is 10.7. The number of aryl methyl sites for hydroxylation is 1. The van der Waals surface area contributed by atoms with Crippen molar-refractivity contribution in [3.8, 4) is 0 Å². The van der Waals surface area contributed by atoms with E-state index in [4.69, 9.17) is 5.11 Å². The van der Waals surface area contributed by atoms with Gasteiger partial charge in [0.2, 0.25) is 5.69 Å². The van der Waals surface area contributed by atoms with Crippen LogP contribution in [0.2, 0.25) is 0 Å². The molecule has 1 aromatic rings. The Bertz CT molecular complexity index is 394. The van der Waals surface area contributed by atoms with Crippen LogP contribution in [-0.2, 0) is 6.54 Å². The Labute approximate surface area is 98.2 Å². The van der Waals surface area contributed by atoms with E-state index < -0.39 is 22.3 Å². The maximum absolute atomic E-state index is 10.7. The first-order chi connectivity index (χ1) is 7.91. The molecule has 1 aromatic heterocycles. The molecule has 7 nitrogen and oxygen atoms in total. The molecule has 0 aromatic carbocycles. The van der Waals surface area contributed by atoms with Crippen molar-refractivity contribution in [1.82, 2.24) is 9.78 Å². The van der Waals surface area contributed by atoms with Crippen molar-refractivity contribution < 1.29 is 14.8 Å². The molecule has 0 bridgehead atoms. The molecule has 0 aliphatic carbocycles. The molecule has 0 fully saturated rings. The van der Waals surface area contributed by atoms with Gasteiger partial charge in [0.05, 0.1) is 4.92 Å². The lowest BCUT2D eigenvalue weighted by atomic mass is 10.1. The third-order valence-electron chi connectivity index (χ3n) is 2.31. The van der Waals surface area contributed by atoms with E-state index in [9.17, 15) is 14.9 Å². The quantitative estimate of drug-likeness (QED) is 0.606. The van der Waals surface area contributed by atoms with E-state index in [0.29, 0.717) is 12.5 Å². The van der Waals surface area contributed by atoms with Gasteiger partial charge in [0.25, 0.3) is 0 Å². The zero-order chi connectivity index (χ0) is 13.0. The second-order valence-electron chi connectivity index (χ2n) is 4.22. The van der Waals surface area contributed by atoms with E-state index >= 15 is 0 Å². The summed E-state index contributed by atoms with van der Waals surface area (Å²) in [6.07, 6.45) is 2.95. The summed E-state index contributed by atoms with van der Waals surface area (Å²) in [5.41, 5.74) is -0.957. The highest BCUT2D eigenvalue weighted by molar-refractivity contribution is 5.89. The van der Waals surface area contributed by atoms with Crippen LogP contribution >= 0.6 is 0 Å². The molecule has 0 unspecified atom stereocenters. The molecule has 0 aliphatic rings. The number of aromatic carboxylic acids is 1. The largest absolute Gasteiger partial charge is 0.476 e. The normalized spacial score (nSPS) is 10.8. The first-order valence-corrected chi connectivity index (χ1v) is 5.37. The van der Waals surface area contributed by atoms with Crippen LogP contribution in [-0.4, -0.2) is 25.8 Å². The van der Waals surface area contributed by atoms with Crippen molar-refractivity contribution >= 4 is 11.7 Å². The summed E-state index contributed by atoms with van der Waals surface area (Å²) < 4.78 is 1.32.